The molecular weight excluding hydrogens is 250 g/mol. The molecule has 100 valence electrons. The molecule has 1 rings (SSSR count). The van der Waals surface area contributed by atoms with Gasteiger partial charge in [-0.2, -0.15) is 0 Å². The van der Waals surface area contributed by atoms with Crippen molar-refractivity contribution in [2.45, 2.75) is 38.7 Å². The molecule has 0 radical (unpaired) electrons. The van der Waals surface area contributed by atoms with Gasteiger partial charge in [-0.15, -0.1) is 11.6 Å². The van der Waals surface area contributed by atoms with E-state index in [1.807, 2.05) is 52.0 Å². The number of halogens is 1. The zero-order chi connectivity index (χ0) is 13.8. The predicted octanol–water partition coefficient (Wildman–Crippen LogP) is 3.74. The molecule has 0 heterocycles. The minimum atomic E-state index is -0.323. The van der Waals surface area contributed by atoms with Crippen molar-refractivity contribution in [3.05, 3.63) is 29.8 Å². The first-order chi connectivity index (χ1) is 8.29. The second-order valence-corrected chi connectivity index (χ2v) is 5.81. The van der Waals surface area contributed by atoms with E-state index >= 15 is 0 Å². The van der Waals surface area contributed by atoms with Gasteiger partial charge in [-0.05, 0) is 39.3 Å². The maximum Gasteiger partial charge on any atom is 0.250 e. The van der Waals surface area contributed by atoms with Gasteiger partial charge in [0, 0.05) is 5.69 Å². The molecular formula is C14H20ClNO2. The molecule has 1 N–H and O–H groups in total. The van der Waals surface area contributed by atoms with Crippen LogP contribution in [0.2, 0.25) is 0 Å². The zero-order valence-electron chi connectivity index (χ0n) is 11.3. The van der Waals surface area contributed by atoms with E-state index in [0.717, 1.165) is 11.3 Å². The lowest BCUT2D eigenvalue weighted by atomic mass is 10.1. The molecule has 1 atom stereocenters. The highest BCUT2D eigenvalue weighted by Gasteiger charge is 2.14. The summed E-state index contributed by atoms with van der Waals surface area (Å²) in [7, 11) is 0. The molecule has 4 heteroatoms. The zero-order valence-corrected chi connectivity index (χ0v) is 12.0. The van der Waals surface area contributed by atoms with Crippen molar-refractivity contribution in [3.63, 3.8) is 0 Å². The van der Waals surface area contributed by atoms with Crippen LogP contribution in [0, 0.1) is 0 Å². The van der Waals surface area contributed by atoms with Crippen LogP contribution in [0.15, 0.2) is 24.3 Å². The van der Waals surface area contributed by atoms with Crippen molar-refractivity contribution < 1.29 is 9.53 Å². The Kier molecular flexibility index (Phi) is 5.17. The Morgan fingerprint density at radius 3 is 2.56 bits per heavy atom. The molecule has 0 aliphatic carbocycles. The third-order valence-electron chi connectivity index (χ3n) is 2.30. The summed E-state index contributed by atoms with van der Waals surface area (Å²) in [6.45, 7) is 7.64. The number of hydrogen-bond acceptors (Lipinski definition) is 2. The first-order valence-electron chi connectivity index (χ1n) is 5.96. The number of benzene rings is 1. The van der Waals surface area contributed by atoms with E-state index in [2.05, 4.69) is 5.32 Å². The van der Waals surface area contributed by atoms with Crippen molar-refractivity contribution in [1.82, 2.24) is 0 Å². The fourth-order valence-electron chi connectivity index (χ4n) is 1.43. The first-order valence-corrected chi connectivity index (χ1v) is 6.40. The summed E-state index contributed by atoms with van der Waals surface area (Å²) < 4.78 is 5.42. The number of para-hydroxylation sites is 1. The number of nitrogens with one attached hydrogen (secondary N) is 1. The molecule has 1 aromatic rings. The SMILES string of the molecule is CC(Cl)c1ccccc1NC(=O)COC(C)(C)C. The van der Waals surface area contributed by atoms with Gasteiger partial charge in [0.25, 0.3) is 0 Å². The second-order valence-electron chi connectivity index (χ2n) is 5.15. The molecule has 1 aromatic carbocycles. The highest BCUT2D eigenvalue weighted by atomic mass is 35.5. The van der Waals surface area contributed by atoms with Crippen LogP contribution in [-0.4, -0.2) is 18.1 Å². The predicted molar refractivity (Wildman–Crippen MR) is 75.0 cm³/mol. The average Bonchev–Trinajstić information content (AvgIpc) is 2.26. The van der Waals surface area contributed by atoms with E-state index in [4.69, 9.17) is 16.3 Å². The quantitative estimate of drug-likeness (QED) is 0.846. The van der Waals surface area contributed by atoms with E-state index in [-0.39, 0.29) is 23.5 Å². The number of hydrogen-bond donors (Lipinski definition) is 1. The lowest BCUT2D eigenvalue weighted by Gasteiger charge is -2.19. The number of carbonyl (C=O) groups excluding carboxylic acids is 1. The van der Waals surface area contributed by atoms with Crippen molar-refractivity contribution >= 4 is 23.2 Å². The van der Waals surface area contributed by atoms with Crippen molar-refractivity contribution in [2.24, 2.45) is 0 Å². The maximum atomic E-state index is 11.8. The Morgan fingerprint density at radius 1 is 1.39 bits per heavy atom. The van der Waals surface area contributed by atoms with E-state index in [9.17, 15) is 4.79 Å². The molecule has 1 amide bonds. The van der Waals surface area contributed by atoms with Gasteiger partial charge >= 0.3 is 0 Å². The largest absolute Gasteiger partial charge is 0.366 e. The number of rotatable bonds is 4. The summed E-state index contributed by atoms with van der Waals surface area (Å²) in [6, 6.07) is 7.50. The van der Waals surface area contributed by atoms with Crippen LogP contribution in [-0.2, 0) is 9.53 Å². The van der Waals surface area contributed by atoms with Crippen LogP contribution >= 0.6 is 11.6 Å². The number of alkyl halides is 1. The van der Waals surface area contributed by atoms with Gasteiger partial charge in [-0.3, -0.25) is 4.79 Å². The van der Waals surface area contributed by atoms with Crippen molar-refractivity contribution in [2.75, 3.05) is 11.9 Å². The lowest BCUT2D eigenvalue weighted by molar-refractivity contribution is -0.125. The van der Waals surface area contributed by atoms with Crippen molar-refractivity contribution in [3.8, 4) is 0 Å². The molecule has 0 fully saturated rings. The third-order valence-corrected chi connectivity index (χ3v) is 2.53. The van der Waals surface area contributed by atoms with E-state index in [1.165, 1.54) is 0 Å². The molecule has 0 bridgehead atoms. The van der Waals surface area contributed by atoms with Crippen LogP contribution in [0.25, 0.3) is 0 Å². The van der Waals surface area contributed by atoms with Gasteiger partial charge in [0.15, 0.2) is 0 Å². The minimum Gasteiger partial charge on any atom is -0.366 e. The van der Waals surface area contributed by atoms with E-state index in [1.54, 1.807) is 0 Å². The highest BCUT2D eigenvalue weighted by Crippen LogP contribution is 2.26. The van der Waals surface area contributed by atoms with Gasteiger partial charge in [-0.1, -0.05) is 18.2 Å². The van der Waals surface area contributed by atoms with Gasteiger partial charge in [0.05, 0.1) is 11.0 Å². The second kappa shape index (κ2) is 6.21. The summed E-state index contributed by atoms with van der Waals surface area (Å²) in [5.74, 6) is -0.172. The molecule has 0 aliphatic rings. The molecule has 0 aromatic heterocycles. The van der Waals surface area contributed by atoms with Crippen LogP contribution < -0.4 is 5.32 Å². The van der Waals surface area contributed by atoms with Gasteiger partial charge in [-0.25, -0.2) is 0 Å². The molecule has 0 saturated carbocycles. The molecule has 0 saturated heterocycles. The van der Waals surface area contributed by atoms with Gasteiger partial charge < -0.3 is 10.1 Å². The standard InChI is InChI=1S/C14H20ClNO2/c1-10(15)11-7-5-6-8-12(11)16-13(17)9-18-14(2,3)4/h5-8,10H,9H2,1-4H3,(H,16,17). The Bertz CT molecular complexity index is 411. The fourth-order valence-corrected chi connectivity index (χ4v) is 1.62. The maximum absolute atomic E-state index is 11.8. The van der Waals surface area contributed by atoms with Gasteiger partial charge in [0.1, 0.15) is 6.61 Å². The number of ether oxygens (including phenoxy) is 1. The van der Waals surface area contributed by atoms with Crippen LogP contribution in [0.1, 0.15) is 38.6 Å². The minimum absolute atomic E-state index is 0.0362. The van der Waals surface area contributed by atoms with E-state index in [0.29, 0.717) is 0 Å². The smallest absolute Gasteiger partial charge is 0.250 e. The molecule has 18 heavy (non-hydrogen) atoms. The first kappa shape index (κ1) is 15.0. The Balaban J connectivity index is 2.65. The number of anilines is 1. The number of amides is 1. The van der Waals surface area contributed by atoms with E-state index < -0.39 is 0 Å². The number of carbonyl (C=O) groups is 1. The normalized spacial score (nSPS) is 13.2. The van der Waals surface area contributed by atoms with Crippen molar-refractivity contribution in [1.29, 1.82) is 0 Å². The van der Waals surface area contributed by atoms with Crippen LogP contribution in [0.4, 0.5) is 5.69 Å². The third kappa shape index (κ3) is 5.07. The molecule has 3 nitrogen and oxygen atoms in total. The summed E-state index contributed by atoms with van der Waals surface area (Å²) in [4.78, 5) is 11.8. The summed E-state index contributed by atoms with van der Waals surface area (Å²) in [5, 5.41) is 2.67. The average molecular weight is 270 g/mol. The lowest BCUT2D eigenvalue weighted by Crippen LogP contribution is -2.27. The molecule has 1 unspecified atom stereocenters. The Morgan fingerprint density at radius 2 is 2.00 bits per heavy atom. The molecule has 0 spiro atoms. The summed E-state index contributed by atoms with van der Waals surface area (Å²) in [5.41, 5.74) is 1.32. The topological polar surface area (TPSA) is 38.3 Å². The van der Waals surface area contributed by atoms with Gasteiger partial charge in [0.2, 0.25) is 5.91 Å². The van der Waals surface area contributed by atoms with Crippen LogP contribution in [0.3, 0.4) is 0 Å². The fraction of sp³-hybridized carbons (Fsp3) is 0.500. The summed E-state index contributed by atoms with van der Waals surface area (Å²) in [6.07, 6.45) is 0. The monoisotopic (exact) mass is 269 g/mol. The summed E-state index contributed by atoms with van der Waals surface area (Å²) >= 11 is 6.06. The molecule has 0 aliphatic heterocycles. The van der Waals surface area contributed by atoms with Crippen LogP contribution in [0.5, 0.6) is 0 Å². The Labute approximate surface area is 113 Å². The highest BCUT2D eigenvalue weighted by molar-refractivity contribution is 6.21. The Hall–Kier alpha value is -1.06.